The van der Waals surface area contributed by atoms with Crippen molar-refractivity contribution in [3.63, 3.8) is 0 Å². The quantitative estimate of drug-likeness (QED) is 0.368. The Morgan fingerprint density at radius 3 is 2.30 bits per heavy atom. The molecule has 0 aliphatic carbocycles. The van der Waals surface area contributed by atoms with Crippen molar-refractivity contribution in [2.24, 2.45) is 11.8 Å². The molecule has 1 amide bonds. The van der Waals surface area contributed by atoms with Gasteiger partial charge in [0.05, 0.1) is 23.7 Å². The number of amides is 1. The lowest BCUT2D eigenvalue weighted by Crippen LogP contribution is -2.46. The average Bonchev–Trinajstić information content (AvgIpc) is 3.32. The van der Waals surface area contributed by atoms with E-state index in [1.165, 1.54) is 4.31 Å². The van der Waals surface area contributed by atoms with E-state index in [4.69, 9.17) is 9.47 Å². The van der Waals surface area contributed by atoms with Crippen molar-refractivity contribution in [1.29, 1.82) is 0 Å². The van der Waals surface area contributed by atoms with Gasteiger partial charge in [-0.15, -0.1) is 0 Å². The zero-order valence-electron chi connectivity index (χ0n) is 25.3. The van der Waals surface area contributed by atoms with Crippen LogP contribution >= 0.6 is 0 Å². The van der Waals surface area contributed by atoms with Gasteiger partial charge in [0, 0.05) is 30.7 Å². The Kier molecular flexibility index (Phi) is 9.03. The predicted molar refractivity (Wildman–Crippen MR) is 164 cm³/mol. The molecule has 1 unspecified atom stereocenters. The molecule has 1 N–H and O–H groups in total. The third kappa shape index (κ3) is 6.91. The van der Waals surface area contributed by atoms with Gasteiger partial charge in [0.2, 0.25) is 10.0 Å². The van der Waals surface area contributed by atoms with Crippen molar-refractivity contribution < 1.29 is 37.4 Å². The summed E-state index contributed by atoms with van der Waals surface area (Å²) in [6.07, 6.45) is -0.445. The number of hydrogen-bond donors (Lipinski definition) is 1. The maximum absolute atomic E-state index is 13.9. The molecule has 0 spiro atoms. The fraction of sp³-hybridized carbons (Fsp3) is 0.469. The molecule has 11 nitrogen and oxygen atoms in total. The lowest BCUT2D eigenvalue weighted by molar-refractivity contribution is -0.161. The summed E-state index contributed by atoms with van der Waals surface area (Å²) in [6, 6.07) is 16.5. The molecule has 2 aliphatic rings. The highest BCUT2D eigenvalue weighted by atomic mass is 32.2. The topological polar surface area (TPSA) is 135 Å². The van der Waals surface area contributed by atoms with Gasteiger partial charge < -0.3 is 19.5 Å². The summed E-state index contributed by atoms with van der Waals surface area (Å²) in [5, 5.41) is 10.8. The molecular formula is C32H39N3O8S. The number of piperidine rings is 1. The monoisotopic (exact) mass is 625 g/mol. The molecule has 2 aromatic carbocycles. The maximum atomic E-state index is 13.9. The zero-order chi connectivity index (χ0) is 31.6. The maximum Gasteiger partial charge on any atom is 0.416 e. The Balaban J connectivity index is 1.30. The van der Waals surface area contributed by atoms with Crippen LogP contribution in [-0.4, -0.2) is 76.4 Å². The average molecular weight is 626 g/mol. The molecule has 12 heteroatoms. The first-order valence-electron chi connectivity index (χ1n) is 14.8. The highest BCUT2D eigenvalue weighted by Crippen LogP contribution is 2.34. The Labute approximate surface area is 257 Å². The van der Waals surface area contributed by atoms with Gasteiger partial charge in [0.25, 0.3) is 0 Å². The van der Waals surface area contributed by atoms with Gasteiger partial charge >= 0.3 is 18.2 Å². The summed E-state index contributed by atoms with van der Waals surface area (Å²) in [5.41, 5.74) is 1.82. The Morgan fingerprint density at radius 1 is 0.977 bits per heavy atom. The van der Waals surface area contributed by atoms with Crippen LogP contribution in [0.2, 0.25) is 0 Å². The van der Waals surface area contributed by atoms with E-state index in [0.29, 0.717) is 43.6 Å². The van der Waals surface area contributed by atoms with E-state index in [1.54, 1.807) is 37.8 Å². The van der Waals surface area contributed by atoms with E-state index in [2.05, 4.69) is 0 Å². The molecule has 5 rings (SSSR count). The van der Waals surface area contributed by atoms with Crippen molar-refractivity contribution in [3.8, 4) is 0 Å². The third-order valence-corrected chi connectivity index (χ3v) is 10.2. The number of carboxylic acid groups (broad SMARTS) is 1. The van der Waals surface area contributed by atoms with Gasteiger partial charge in [-0.1, -0.05) is 48.5 Å². The predicted octanol–water partition coefficient (Wildman–Crippen LogP) is 4.86. The summed E-state index contributed by atoms with van der Waals surface area (Å²) in [4.78, 5) is 39.9. The molecule has 1 atom stereocenters. The van der Waals surface area contributed by atoms with Crippen LogP contribution < -0.4 is 0 Å². The smallest absolute Gasteiger partial charge is 0.416 e. The van der Waals surface area contributed by atoms with Gasteiger partial charge in [0.15, 0.2) is 0 Å². The van der Waals surface area contributed by atoms with Gasteiger partial charge in [-0.2, -0.15) is 4.31 Å². The number of esters is 1. The third-order valence-electron chi connectivity index (χ3n) is 8.28. The first-order valence-corrected chi connectivity index (χ1v) is 16.5. The van der Waals surface area contributed by atoms with Crippen LogP contribution in [0.1, 0.15) is 50.4 Å². The molecule has 0 saturated carbocycles. The number of sulfonamides is 1. The molecule has 1 aromatic heterocycles. The molecular weight excluding hydrogens is 586 g/mol. The van der Waals surface area contributed by atoms with E-state index in [0.717, 1.165) is 21.1 Å². The number of fused-ring (bicyclic) bond motifs is 3. The van der Waals surface area contributed by atoms with Crippen molar-refractivity contribution in [2.75, 3.05) is 25.4 Å². The number of likely N-dealkylation sites (tertiary alicyclic amines) is 1. The number of nitrogens with zero attached hydrogens (tertiary/aromatic N) is 3. The number of rotatable bonds is 7. The lowest BCUT2D eigenvalue weighted by atomic mass is 9.85. The molecule has 44 heavy (non-hydrogen) atoms. The van der Waals surface area contributed by atoms with E-state index < -0.39 is 45.5 Å². The van der Waals surface area contributed by atoms with Crippen LogP contribution in [-0.2, 0) is 43.9 Å². The largest absolute Gasteiger partial charge is 0.464 e. The normalized spacial score (nSPS) is 17.2. The number of aromatic nitrogens is 1. The van der Waals surface area contributed by atoms with Crippen LogP contribution in [0.4, 0.5) is 9.59 Å². The number of ether oxygens (including phenoxy) is 2. The van der Waals surface area contributed by atoms with Crippen LogP contribution in [0, 0.1) is 11.8 Å². The van der Waals surface area contributed by atoms with Gasteiger partial charge in [-0.25, -0.2) is 22.6 Å². The van der Waals surface area contributed by atoms with Crippen molar-refractivity contribution >= 4 is 39.1 Å². The van der Waals surface area contributed by atoms with Gasteiger partial charge in [-0.3, -0.25) is 4.79 Å². The molecule has 3 aromatic rings. The van der Waals surface area contributed by atoms with Crippen LogP contribution in [0.25, 0.3) is 10.9 Å². The summed E-state index contributed by atoms with van der Waals surface area (Å²) < 4.78 is 41.4. The van der Waals surface area contributed by atoms with Crippen LogP contribution in [0.3, 0.4) is 0 Å². The van der Waals surface area contributed by atoms with Crippen molar-refractivity contribution in [3.05, 3.63) is 71.4 Å². The molecule has 0 radical (unpaired) electrons. The standard InChI is InChI=1S/C32H39N3O8S/c1-32(2,3)43-29(36)26(23-13-16-33(17-14-23)31(39)42-20-22-9-5-4-6-10-22)21-44(40,41)34-18-15-25-24-11-7-8-12-27(24)35(30(37)38)28(25)19-34/h4-12,23,26H,13-21H2,1-3H3,(H,37,38). The van der Waals surface area contributed by atoms with E-state index >= 15 is 0 Å². The highest BCUT2D eigenvalue weighted by Gasteiger charge is 2.41. The van der Waals surface area contributed by atoms with E-state index in [-0.39, 0.29) is 25.6 Å². The second kappa shape index (κ2) is 12.6. The molecule has 2 aliphatic heterocycles. The summed E-state index contributed by atoms with van der Waals surface area (Å²) in [7, 11) is -4.00. The summed E-state index contributed by atoms with van der Waals surface area (Å²) in [6.45, 7) is 6.07. The SMILES string of the molecule is CC(C)(C)OC(=O)C(CS(=O)(=O)N1CCc2c(n(C(=O)O)c3ccccc23)C1)C1CCN(C(=O)OCc2ccccc2)CC1. The fourth-order valence-electron chi connectivity index (χ4n) is 6.14. The molecule has 1 saturated heterocycles. The minimum atomic E-state index is -4.00. The van der Waals surface area contributed by atoms with Gasteiger partial charge in [-0.05, 0) is 63.1 Å². The minimum Gasteiger partial charge on any atom is -0.464 e. The number of carbonyl (C=O) groups is 3. The van der Waals surface area contributed by atoms with Gasteiger partial charge in [0.1, 0.15) is 12.2 Å². The fourth-order valence-corrected chi connectivity index (χ4v) is 7.91. The first-order chi connectivity index (χ1) is 20.8. The molecule has 3 heterocycles. The lowest BCUT2D eigenvalue weighted by Gasteiger charge is -2.36. The van der Waals surface area contributed by atoms with E-state index in [9.17, 15) is 27.9 Å². The number of benzene rings is 2. The zero-order valence-corrected chi connectivity index (χ0v) is 26.1. The molecule has 236 valence electrons. The number of hydrogen-bond acceptors (Lipinski definition) is 7. The van der Waals surface area contributed by atoms with Crippen molar-refractivity contribution in [2.45, 2.75) is 58.8 Å². The molecule has 1 fully saturated rings. The molecule has 0 bridgehead atoms. The second-order valence-corrected chi connectivity index (χ2v) is 14.4. The minimum absolute atomic E-state index is 0.106. The second-order valence-electron chi connectivity index (χ2n) is 12.4. The van der Waals surface area contributed by atoms with Crippen LogP contribution in [0.5, 0.6) is 0 Å². The van der Waals surface area contributed by atoms with Crippen molar-refractivity contribution in [1.82, 2.24) is 13.8 Å². The summed E-state index contributed by atoms with van der Waals surface area (Å²) in [5.74, 6) is -2.34. The van der Waals surface area contributed by atoms with Crippen LogP contribution in [0.15, 0.2) is 54.6 Å². The first kappa shape index (κ1) is 31.5. The highest BCUT2D eigenvalue weighted by molar-refractivity contribution is 7.89. The Hall–Kier alpha value is -3.90. The van der Waals surface area contributed by atoms with E-state index in [1.807, 2.05) is 42.5 Å². The summed E-state index contributed by atoms with van der Waals surface area (Å²) >= 11 is 0. The number of carbonyl (C=O) groups excluding carboxylic acids is 2. The Bertz CT molecular complexity index is 1640. The number of para-hydroxylation sites is 1. The Morgan fingerprint density at radius 2 is 1.64 bits per heavy atom.